The molecule has 0 saturated carbocycles. The first-order valence-corrected chi connectivity index (χ1v) is 14.6. The molecule has 12 heteroatoms. The van der Waals surface area contributed by atoms with Crippen molar-refractivity contribution in [1.82, 2.24) is 34.9 Å². The lowest BCUT2D eigenvalue weighted by Crippen LogP contribution is -2.43. The summed E-state index contributed by atoms with van der Waals surface area (Å²) in [6.45, 7) is 7.10. The van der Waals surface area contributed by atoms with E-state index in [2.05, 4.69) is 52.6 Å². The maximum Gasteiger partial charge on any atom is 0.266 e. The second-order valence-electron chi connectivity index (χ2n) is 11.1. The quantitative estimate of drug-likeness (QED) is 0.195. The van der Waals surface area contributed by atoms with Crippen LogP contribution in [0.1, 0.15) is 32.0 Å². The van der Waals surface area contributed by atoms with Crippen molar-refractivity contribution in [2.75, 3.05) is 43.9 Å². The first kappa shape index (κ1) is 29.6. The fourth-order valence-corrected chi connectivity index (χ4v) is 5.08. The fourth-order valence-electron chi connectivity index (χ4n) is 5.08. The largest absolute Gasteiger partial charge is 0.364 e. The number of nitrogens with zero attached hydrogens (tertiary/aromatic N) is 6. The number of aromatic amines is 1. The summed E-state index contributed by atoms with van der Waals surface area (Å²) in [4.78, 5) is 42.7. The molecule has 1 fully saturated rings. The summed E-state index contributed by atoms with van der Waals surface area (Å²) in [5.41, 5.74) is 12.3. The van der Waals surface area contributed by atoms with Crippen molar-refractivity contribution >= 4 is 29.1 Å². The van der Waals surface area contributed by atoms with Crippen LogP contribution in [0.2, 0.25) is 0 Å². The van der Waals surface area contributed by atoms with E-state index in [4.69, 9.17) is 5.73 Å². The molecule has 1 aliphatic rings. The summed E-state index contributed by atoms with van der Waals surface area (Å²) >= 11 is 0. The van der Waals surface area contributed by atoms with Crippen LogP contribution in [0.15, 0.2) is 79.3 Å². The topological polar surface area (TPSA) is 158 Å². The van der Waals surface area contributed by atoms with E-state index in [9.17, 15) is 9.59 Å². The number of anilines is 3. The molecule has 0 spiro atoms. The molecule has 0 unspecified atom stereocenters. The van der Waals surface area contributed by atoms with E-state index in [-0.39, 0.29) is 11.6 Å². The second-order valence-corrected chi connectivity index (χ2v) is 11.1. The van der Waals surface area contributed by atoms with E-state index in [0.717, 1.165) is 49.5 Å². The van der Waals surface area contributed by atoms with E-state index >= 15 is 0 Å². The molecule has 0 aliphatic carbocycles. The van der Waals surface area contributed by atoms with Crippen molar-refractivity contribution in [3.8, 4) is 22.5 Å². The number of hydrogen-bond donors (Lipinski definition) is 4. The molecule has 0 radical (unpaired) electrons. The summed E-state index contributed by atoms with van der Waals surface area (Å²) in [5, 5.41) is 13.1. The van der Waals surface area contributed by atoms with E-state index in [1.54, 1.807) is 30.7 Å². The van der Waals surface area contributed by atoms with E-state index in [0.29, 0.717) is 34.2 Å². The zero-order valence-electron chi connectivity index (χ0n) is 25.1. The van der Waals surface area contributed by atoms with Crippen molar-refractivity contribution < 1.29 is 9.59 Å². The Morgan fingerprint density at radius 3 is 2.42 bits per heavy atom. The number of likely N-dealkylation sites (N-methyl/N-ethyl adjacent to an activating group) is 1. The molecule has 2 aromatic carbocycles. The molecule has 6 rings (SSSR count). The van der Waals surface area contributed by atoms with Crippen LogP contribution in [0.5, 0.6) is 0 Å². The highest BCUT2D eigenvalue weighted by molar-refractivity contribution is 6.04. The Hall–Kier alpha value is -5.46. The number of aryl methyl sites for hydroxylation is 1. The summed E-state index contributed by atoms with van der Waals surface area (Å²) < 4.78 is 0. The number of hydrogen-bond acceptors (Lipinski definition) is 9. The highest BCUT2D eigenvalue weighted by Crippen LogP contribution is 2.27. The first-order valence-electron chi connectivity index (χ1n) is 14.6. The monoisotopic (exact) mass is 602 g/mol. The molecule has 5 aromatic rings. The molecule has 4 heterocycles. The van der Waals surface area contributed by atoms with Crippen LogP contribution in [0.25, 0.3) is 22.5 Å². The number of carbonyl (C=O) groups is 2. The van der Waals surface area contributed by atoms with E-state index < -0.39 is 5.91 Å². The van der Waals surface area contributed by atoms with Crippen LogP contribution >= 0.6 is 0 Å². The number of piperazine rings is 1. The summed E-state index contributed by atoms with van der Waals surface area (Å²) in [5.74, 6) is -0.383. The molecule has 0 atom stereocenters. The number of nitrogens with two attached hydrogens (primary N) is 1. The standard InChI is InChI=1S/C33H34N10O2/c1-21-3-8-26(37-32(45)23-6-4-22(5-7-23)20-43-13-11-42(2)12-14-43)16-28(21)39-33-36-10-9-27(38-33)24-15-25(19-35-18-24)29-17-30(31(34)44)41-40-29/h3-10,15-19H,11-14,20H2,1-2H3,(H2,34,44)(H,37,45)(H,40,41)(H,36,38,39). The van der Waals surface area contributed by atoms with Crippen LogP contribution < -0.4 is 16.4 Å². The predicted octanol–water partition coefficient (Wildman–Crippen LogP) is 4.08. The van der Waals surface area contributed by atoms with E-state index in [1.165, 1.54) is 5.56 Å². The van der Waals surface area contributed by atoms with Gasteiger partial charge in [-0.05, 0) is 67.6 Å². The predicted molar refractivity (Wildman–Crippen MR) is 173 cm³/mol. The number of benzene rings is 2. The minimum Gasteiger partial charge on any atom is -0.364 e. The van der Waals surface area contributed by atoms with Gasteiger partial charge in [-0.2, -0.15) is 5.10 Å². The summed E-state index contributed by atoms with van der Waals surface area (Å²) in [6.07, 6.45) is 5.00. The van der Waals surface area contributed by atoms with Gasteiger partial charge in [-0.3, -0.25) is 24.6 Å². The highest BCUT2D eigenvalue weighted by Gasteiger charge is 2.15. The normalized spacial score (nSPS) is 13.8. The first-order chi connectivity index (χ1) is 21.8. The van der Waals surface area contributed by atoms with E-state index in [1.807, 2.05) is 55.5 Å². The number of pyridine rings is 1. The Labute approximate surface area is 260 Å². The molecular weight excluding hydrogens is 568 g/mol. The number of amides is 2. The van der Waals surface area contributed by atoms with Gasteiger partial charge in [0.2, 0.25) is 5.95 Å². The Bertz CT molecular complexity index is 1830. The Kier molecular flexibility index (Phi) is 8.58. The Balaban J connectivity index is 1.12. The van der Waals surface area contributed by atoms with Gasteiger partial charge in [0.05, 0.1) is 11.4 Å². The molecule has 3 aromatic heterocycles. The van der Waals surface area contributed by atoms with Crippen molar-refractivity contribution in [3.63, 3.8) is 0 Å². The zero-order chi connectivity index (χ0) is 31.3. The van der Waals surface area contributed by atoms with Crippen LogP contribution in [0, 0.1) is 6.92 Å². The molecule has 0 bridgehead atoms. The second kappa shape index (κ2) is 13.0. The van der Waals surface area contributed by atoms with Crippen molar-refractivity contribution in [2.45, 2.75) is 13.5 Å². The average molecular weight is 603 g/mol. The lowest BCUT2D eigenvalue weighted by atomic mass is 10.1. The van der Waals surface area contributed by atoms with Gasteiger partial charge in [0.15, 0.2) is 0 Å². The van der Waals surface area contributed by atoms with Crippen LogP contribution in [-0.4, -0.2) is 80.0 Å². The number of rotatable bonds is 9. The maximum atomic E-state index is 13.1. The average Bonchev–Trinajstić information content (AvgIpc) is 3.56. The van der Waals surface area contributed by atoms with Crippen molar-refractivity contribution in [2.24, 2.45) is 5.73 Å². The molecule has 5 N–H and O–H groups in total. The van der Waals surface area contributed by atoms with Crippen LogP contribution in [0.4, 0.5) is 17.3 Å². The number of nitrogens with one attached hydrogen (secondary N) is 3. The third-order valence-corrected chi connectivity index (χ3v) is 7.79. The summed E-state index contributed by atoms with van der Waals surface area (Å²) in [6, 6.07) is 18.7. The minimum atomic E-state index is -0.589. The van der Waals surface area contributed by atoms with Gasteiger partial charge in [-0.15, -0.1) is 0 Å². The highest BCUT2D eigenvalue weighted by atomic mass is 16.2. The number of H-pyrrole nitrogens is 1. The maximum absolute atomic E-state index is 13.1. The molecule has 1 aliphatic heterocycles. The molecule has 2 amide bonds. The lowest BCUT2D eigenvalue weighted by Gasteiger charge is -2.32. The molecule has 12 nitrogen and oxygen atoms in total. The smallest absolute Gasteiger partial charge is 0.266 e. The van der Waals surface area contributed by atoms with Gasteiger partial charge in [0.25, 0.3) is 11.8 Å². The Morgan fingerprint density at radius 1 is 0.933 bits per heavy atom. The SMILES string of the molecule is Cc1ccc(NC(=O)c2ccc(CN3CCN(C)CC3)cc2)cc1Nc1nccc(-c2cncc(-c3cc(C(N)=O)[nH]n3)c2)n1. The van der Waals surface area contributed by atoms with Gasteiger partial charge >= 0.3 is 0 Å². The third kappa shape index (κ3) is 7.20. The third-order valence-electron chi connectivity index (χ3n) is 7.79. The van der Waals surface area contributed by atoms with Crippen molar-refractivity contribution in [3.05, 3.63) is 102 Å². The molecule has 228 valence electrons. The molecule has 45 heavy (non-hydrogen) atoms. The van der Waals surface area contributed by atoms with Gasteiger partial charge in [-0.25, -0.2) is 9.97 Å². The fraction of sp³-hybridized carbons (Fsp3) is 0.212. The lowest BCUT2D eigenvalue weighted by molar-refractivity contribution is 0.0993. The molecular formula is C33H34N10O2. The Morgan fingerprint density at radius 2 is 1.69 bits per heavy atom. The van der Waals surface area contributed by atoms with Gasteiger partial charge in [-0.1, -0.05) is 18.2 Å². The number of primary amides is 1. The van der Waals surface area contributed by atoms with Crippen LogP contribution in [-0.2, 0) is 6.54 Å². The van der Waals surface area contributed by atoms with Gasteiger partial charge < -0.3 is 21.3 Å². The zero-order valence-corrected chi connectivity index (χ0v) is 25.1. The molecule has 1 saturated heterocycles. The van der Waals surface area contributed by atoms with Gasteiger partial charge in [0.1, 0.15) is 5.69 Å². The minimum absolute atomic E-state index is 0.179. The van der Waals surface area contributed by atoms with Crippen molar-refractivity contribution in [1.29, 1.82) is 0 Å². The van der Waals surface area contributed by atoms with Gasteiger partial charge in [0, 0.05) is 79.4 Å². The summed E-state index contributed by atoms with van der Waals surface area (Å²) in [7, 11) is 2.15. The number of carbonyl (C=O) groups excluding carboxylic acids is 2. The van der Waals surface area contributed by atoms with Crippen LogP contribution in [0.3, 0.4) is 0 Å². The number of aromatic nitrogens is 5.